The first-order valence-electron chi connectivity index (χ1n) is 9.43. The Morgan fingerprint density at radius 3 is 2.83 bits per heavy atom. The van der Waals surface area contributed by atoms with Crippen molar-refractivity contribution in [3.8, 4) is 17.2 Å². The van der Waals surface area contributed by atoms with Crippen molar-refractivity contribution in [2.75, 3.05) is 13.7 Å². The molecular weight excluding hydrogens is 312 g/mol. The molecule has 1 aromatic heterocycles. The van der Waals surface area contributed by atoms with E-state index >= 15 is 0 Å². The Balaban J connectivity index is 2.11. The smallest absolute Gasteiger partial charge is 0.413 e. The predicted octanol–water partition coefficient (Wildman–Crippen LogP) is 2.27. The third-order valence-electron chi connectivity index (χ3n) is 3.01. The van der Waals surface area contributed by atoms with Gasteiger partial charge in [0.2, 0.25) is 0 Å². The number of carbonyl (C=O) groups excluding carboxylic acids is 1. The number of pyridine rings is 1. The second-order valence-electron chi connectivity index (χ2n) is 4.58. The van der Waals surface area contributed by atoms with Gasteiger partial charge in [-0.05, 0) is 24.5 Å². The molecule has 0 saturated carbocycles. The van der Waals surface area contributed by atoms with Crippen LogP contribution in [-0.4, -0.2) is 29.9 Å². The van der Waals surface area contributed by atoms with E-state index in [0.29, 0.717) is 5.75 Å². The van der Waals surface area contributed by atoms with Crippen LogP contribution in [0.3, 0.4) is 0 Å². The molecule has 0 spiro atoms. The van der Waals surface area contributed by atoms with E-state index in [4.69, 9.17) is 21.1 Å². The summed E-state index contributed by atoms with van der Waals surface area (Å²) in [5, 5.41) is 11.7. The molecule has 2 N–H and O–H groups in total. The number of hydrogen-bond donors (Lipinski definition) is 2. The van der Waals surface area contributed by atoms with Gasteiger partial charge in [0.05, 0.1) is 34.9 Å². The summed E-state index contributed by atoms with van der Waals surface area (Å²) in [5.41, 5.74) is 0.883. The molecule has 2 aromatic rings. The molecule has 0 unspecified atom stereocenters. The number of nitrogens with zero attached hydrogens (tertiary/aromatic N) is 1. The first-order valence-corrected chi connectivity index (χ1v) is 6.93. The predicted molar refractivity (Wildman–Crippen MR) is 87.2 cm³/mol. The number of rotatable bonds is 7. The van der Waals surface area contributed by atoms with Gasteiger partial charge in [-0.3, -0.25) is 4.98 Å². The van der Waals surface area contributed by atoms with Crippen molar-refractivity contribution in [1.29, 1.82) is 0 Å². The zero-order chi connectivity index (χ0) is 21.7. The molecule has 1 amide bonds. The van der Waals surface area contributed by atoms with Gasteiger partial charge in [0, 0.05) is 16.7 Å². The molecule has 1 aromatic carbocycles. The molecule has 0 saturated heterocycles. The number of benzene rings is 1. The SMILES string of the molecule is [2H]C([2H])([2H])C([2H])([2H])Oc1cnc(CO)cc1OC(=O)NCc1ccc(OC)cc1. The highest BCUT2D eigenvalue weighted by Gasteiger charge is 2.12. The van der Waals surface area contributed by atoms with Gasteiger partial charge in [0.1, 0.15) is 5.75 Å². The summed E-state index contributed by atoms with van der Waals surface area (Å²) >= 11 is 0. The van der Waals surface area contributed by atoms with Crippen LogP contribution in [0.2, 0.25) is 0 Å². The first kappa shape index (κ1) is 11.7. The van der Waals surface area contributed by atoms with E-state index in [0.717, 1.165) is 17.8 Å². The Labute approximate surface area is 147 Å². The zero-order valence-corrected chi connectivity index (χ0v) is 12.9. The third-order valence-corrected chi connectivity index (χ3v) is 3.01. The van der Waals surface area contributed by atoms with E-state index in [9.17, 15) is 9.90 Å². The molecule has 1 heterocycles. The highest BCUT2D eigenvalue weighted by atomic mass is 16.6. The largest absolute Gasteiger partial charge is 0.497 e. The average molecular weight is 337 g/mol. The number of ether oxygens (including phenoxy) is 3. The maximum absolute atomic E-state index is 12.1. The van der Waals surface area contributed by atoms with E-state index in [1.54, 1.807) is 24.3 Å². The van der Waals surface area contributed by atoms with Crippen LogP contribution in [0.25, 0.3) is 0 Å². The fourth-order valence-corrected chi connectivity index (χ4v) is 1.82. The fourth-order valence-electron chi connectivity index (χ4n) is 1.82. The van der Waals surface area contributed by atoms with Crippen LogP contribution < -0.4 is 19.5 Å². The van der Waals surface area contributed by atoms with E-state index < -0.39 is 31.9 Å². The minimum Gasteiger partial charge on any atom is -0.497 e. The van der Waals surface area contributed by atoms with E-state index in [1.807, 2.05) is 0 Å². The number of carbonyl (C=O) groups is 1. The van der Waals surface area contributed by atoms with E-state index in [-0.39, 0.29) is 18.0 Å². The quantitative estimate of drug-likeness (QED) is 0.805. The summed E-state index contributed by atoms with van der Waals surface area (Å²) in [6.07, 6.45) is 0.0801. The van der Waals surface area contributed by atoms with E-state index in [2.05, 4.69) is 10.3 Å². The van der Waals surface area contributed by atoms with Crippen molar-refractivity contribution >= 4 is 6.09 Å². The Hall–Kier alpha value is -2.80. The van der Waals surface area contributed by atoms with Crippen LogP contribution in [-0.2, 0) is 13.2 Å². The van der Waals surface area contributed by atoms with Crippen molar-refractivity contribution < 1.29 is 31.0 Å². The number of hydrogen-bond acceptors (Lipinski definition) is 6. The van der Waals surface area contributed by atoms with Crippen LogP contribution in [0.4, 0.5) is 4.79 Å². The summed E-state index contributed by atoms with van der Waals surface area (Å²) in [6.45, 7) is -6.48. The minimum atomic E-state index is -3.09. The first-order chi connectivity index (χ1) is 13.6. The van der Waals surface area contributed by atoms with Crippen molar-refractivity contribution in [2.45, 2.75) is 20.0 Å². The van der Waals surface area contributed by atoms with Crippen molar-refractivity contribution in [3.05, 3.63) is 47.8 Å². The van der Waals surface area contributed by atoms with Gasteiger partial charge in [-0.15, -0.1) is 0 Å². The summed E-state index contributed by atoms with van der Waals surface area (Å²) < 4.78 is 51.8. The Morgan fingerprint density at radius 1 is 1.38 bits per heavy atom. The molecular formula is C17H20N2O5. The highest BCUT2D eigenvalue weighted by Crippen LogP contribution is 2.27. The second-order valence-corrected chi connectivity index (χ2v) is 4.58. The number of aliphatic hydroxyl groups excluding tert-OH is 1. The summed E-state index contributed by atoms with van der Waals surface area (Å²) in [6, 6.07) is 8.09. The van der Waals surface area contributed by atoms with Gasteiger partial charge in [-0.1, -0.05) is 12.1 Å². The molecule has 0 aliphatic rings. The molecule has 0 bridgehead atoms. The lowest BCUT2D eigenvalue weighted by Gasteiger charge is -2.12. The lowest BCUT2D eigenvalue weighted by atomic mass is 10.2. The van der Waals surface area contributed by atoms with Crippen molar-refractivity contribution in [3.63, 3.8) is 0 Å². The Morgan fingerprint density at radius 2 is 2.17 bits per heavy atom. The molecule has 24 heavy (non-hydrogen) atoms. The lowest BCUT2D eigenvalue weighted by Crippen LogP contribution is -2.26. The maximum Gasteiger partial charge on any atom is 0.413 e. The monoisotopic (exact) mass is 337 g/mol. The third kappa shape index (κ3) is 4.85. The summed E-state index contributed by atoms with van der Waals surface area (Å²) in [5.74, 6) is -0.0257. The maximum atomic E-state index is 12.1. The van der Waals surface area contributed by atoms with Gasteiger partial charge in [-0.2, -0.15) is 0 Å². The highest BCUT2D eigenvalue weighted by molar-refractivity contribution is 5.71. The fraction of sp³-hybridized carbons (Fsp3) is 0.294. The minimum absolute atomic E-state index is 0.116. The Kier molecular flexibility index (Phi) is 4.25. The molecule has 0 aliphatic carbocycles. The van der Waals surface area contributed by atoms with Gasteiger partial charge in [-0.25, -0.2) is 4.79 Å². The van der Waals surface area contributed by atoms with E-state index in [1.165, 1.54) is 7.11 Å². The lowest BCUT2D eigenvalue weighted by molar-refractivity contribution is 0.196. The van der Waals surface area contributed by atoms with Crippen LogP contribution in [0.5, 0.6) is 17.2 Å². The molecule has 0 radical (unpaired) electrons. The van der Waals surface area contributed by atoms with Gasteiger partial charge in [0.15, 0.2) is 11.5 Å². The average Bonchev–Trinajstić information content (AvgIpc) is 2.67. The molecule has 7 heteroatoms. The van der Waals surface area contributed by atoms with Gasteiger partial charge in [0.25, 0.3) is 0 Å². The second kappa shape index (κ2) is 8.73. The molecule has 2 rings (SSSR count). The standard InChI is InChI=1S/C17H20N2O5/c1-3-23-16-10-18-13(11-20)8-15(16)24-17(21)19-9-12-4-6-14(22-2)7-5-12/h4-8,10,20H,3,9,11H2,1-2H3,(H,19,21)/i1D3,3D2. The normalized spacial score (nSPS) is 14.3. The summed E-state index contributed by atoms with van der Waals surface area (Å²) in [7, 11) is 1.54. The van der Waals surface area contributed by atoms with Gasteiger partial charge < -0.3 is 24.6 Å². The number of aromatic nitrogens is 1. The Bertz CT molecular complexity index is 843. The van der Waals surface area contributed by atoms with Crippen LogP contribution in [0, 0.1) is 0 Å². The van der Waals surface area contributed by atoms with Crippen molar-refractivity contribution in [2.24, 2.45) is 0 Å². The topological polar surface area (TPSA) is 89.9 Å². The zero-order valence-electron chi connectivity index (χ0n) is 17.9. The molecule has 0 aliphatic heterocycles. The van der Waals surface area contributed by atoms with Crippen LogP contribution >= 0.6 is 0 Å². The van der Waals surface area contributed by atoms with Crippen molar-refractivity contribution in [1.82, 2.24) is 10.3 Å². The molecule has 7 nitrogen and oxygen atoms in total. The molecule has 0 fully saturated rings. The van der Waals surface area contributed by atoms with Crippen LogP contribution in [0.1, 0.15) is 25.0 Å². The number of amides is 1. The summed E-state index contributed by atoms with van der Waals surface area (Å²) in [4.78, 5) is 15.9. The van der Waals surface area contributed by atoms with Gasteiger partial charge >= 0.3 is 6.09 Å². The molecule has 0 atom stereocenters. The molecule has 128 valence electrons. The number of methoxy groups -OCH3 is 1. The van der Waals surface area contributed by atoms with Crippen LogP contribution in [0.15, 0.2) is 36.5 Å². The number of nitrogens with one attached hydrogen (secondary N) is 1. The number of aliphatic hydroxyl groups is 1.